The Kier molecular flexibility index (Phi) is 5.98. The summed E-state index contributed by atoms with van der Waals surface area (Å²) in [5.41, 5.74) is 0.945. The van der Waals surface area contributed by atoms with Crippen LogP contribution in [0.5, 0.6) is 0 Å². The van der Waals surface area contributed by atoms with E-state index in [4.69, 9.17) is 4.84 Å². The molecule has 0 bridgehead atoms. The molecule has 0 unspecified atom stereocenters. The molecule has 4 rings (SSSR count). The molecule has 0 aliphatic heterocycles. The van der Waals surface area contributed by atoms with Gasteiger partial charge in [-0.2, -0.15) is 18.3 Å². The molecular formula is C23H21F3N4O2. The van der Waals surface area contributed by atoms with Gasteiger partial charge in [0.15, 0.2) is 5.69 Å². The van der Waals surface area contributed by atoms with E-state index in [1.807, 2.05) is 24.3 Å². The lowest BCUT2D eigenvalue weighted by molar-refractivity contribution is -0.141. The number of halogens is 3. The van der Waals surface area contributed by atoms with Crippen LogP contribution in [0.4, 0.5) is 18.9 Å². The number of benzene rings is 2. The van der Waals surface area contributed by atoms with Crippen LogP contribution in [0, 0.1) is 5.92 Å². The number of anilines is 1. The summed E-state index contributed by atoms with van der Waals surface area (Å²) in [4.78, 5) is 17.9. The van der Waals surface area contributed by atoms with Crippen LogP contribution >= 0.6 is 0 Å². The lowest BCUT2D eigenvalue weighted by Gasteiger charge is -2.12. The third-order valence-corrected chi connectivity index (χ3v) is 5.02. The summed E-state index contributed by atoms with van der Waals surface area (Å²) in [6.45, 7) is 0.634. The zero-order chi connectivity index (χ0) is 22.7. The number of hydrogen-bond donors (Lipinski definition) is 1. The summed E-state index contributed by atoms with van der Waals surface area (Å²) in [5.74, 6) is -0.255. The van der Waals surface area contributed by atoms with E-state index in [0.717, 1.165) is 22.0 Å². The Labute approximate surface area is 182 Å². The van der Waals surface area contributed by atoms with Crippen LogP contribution in [-0.2, 0) is 18.1 Å². The van der Waals surface area contributed by atoms with Gasteiger partial charge < -0.3 is 10.2 Å². The molecular weight excluding hydrogens is 421 g/mol. The zero-order valence-electron chi connectivity index (χ0n) is 17.3. The number of alkyl halides is 3. The predicted octanol–water partition coefficient (Wildman–Crippen LogP) is 5.12. The molecule has 2 aromatic carbocycles. The van der Waals surface area contributed by atoms with Gasteiger partial charge in [0.25, 0.3) is 5.91 Å². The van der Waals surface area contributed by atoms with Crippen molar-refractivity contribution in [3.05, 3.63) is 71.5 Å². The van der Waals surface area contributed by atoms with Crippen molar-refractivity contribution in [2.75, 3.05) is 11.9 Å². The van der Waals surface area contributed by atoms with Gasteiger partial charge in [-0.15, -0.1) is 0 Å². The van der Waals surface area contributed by atoms with Crippen LogP contribution in [-0.4, -0.2) is 28.5 Å². The van der Waals surface area contributed by atoms with Gasteiger partial charge in [-0.05, 0) is 36.0 Å². The number of para-hydroxylation sites is 1. The molecule has 1 amide bonds. The Morgan fingerprint density at radius 1 is 1.22 bits per heavy atom. The molecule has 1 aliphatic carbocycles. The average molecular weight is 442 g/mol. The second-order valence-corrected chi connectivity index (χ2v) is 7.66. The number of hydrogen-bond acceptors (Lipinski definition) is 4. The van der Waals surface area contributed by atoms with Crippen LogP contribution in [0.1, 0.15) is 34.5 Å². The lowest BCUT2D eigenvalue weighted by atomic mass is 10.0. The number of aryl methyl sites for hydroxylation is 1. The molecule has 6 nitrogen and oxygen atoms in total. The maximum Gasteiger partial charge on any atom is 0.435 e. The first-order valence-corrected chi connectivity index (χ1v) is 10.1. The van der Waals surface area contributed by atoms with Gasteiger partial charge in [0.1, 0.15) is 6.61 Å². The van der Waals surface area contributed by atoms with E-state index in [1.54, 1.807) is 30.5 Å². The minimum atomic E-state index is -4.73. The number of oxime groups is 1. The fourth-order valence-corrected chi connectivity index (χ4v) is 3.18. The van der Waals surface area contributed by atoms with Crippen LogP contribution < -0.4 is 5.32 Å². The first-order chi connectivity index (χ1) is 15.3. The molecule has 3 aromatic rings. The Bertz CT molecular complexity index is 1130. The monoisotopic (exact) mass is 442 g/mol. The summed E-state index contributed by atoms with van der Waals surface area (Å²) >= 11 is 0. The van der Waals surface area contributed by atoms with Crippen LogP contribution in [0.3, 0.4) is 0 Å². The first kappa shape index (κ1) is 21.6. The molecule has 32 heavy (non-hydrogen) atoms. The van der Waals surface area contributed by atoms with E-state index in [-0.39, 0.29) is 0 Å². The Morgan fingerprint density at radius 3 is 2.62 bits per heavy atom. The van der Waals surface area contributed by atoms with Gasteiger partial charge in [-0.25, -0.2) is 0 Å². The minimum absolute atomic E-state index is 0.392. The standard InChI is InChI=1S/C23H21F3N4O2/c1-30-13-19(21(29-30)23(24,25)26)22(31)28-20-5-3-2-4-18(20)17-10-8-15(9-11-17)12-27-32-14-16-6-7-16/h2-5,8-13,16H,6-7,14H2,1H3,(H,28,31). The molecule has 166 valence electrons. The minimum Gasteiger partial charge on any atom is -0.396 e. The largest absolute Gasteiger partial charge is 0.435 e. The van der Waals surface area contributed by atoms with Gasteiger partial charge in [0, 0.05) is 24.5 Å². The summed E-state index contributed by atoms with van der Waals surface area (Å²) in [6, 6.07) is 14.3. The fraction of sp³-hybridized carbons (Fsp3) is 0.261. The lowest BCUT2D eigenvalue weighted by Crippen LogP contribution is -2.18. The molecule has 0 radical (unpaired) electrons. The maximum atomic E-state index is 13.2. The Morgan fingerprint density at radius 2 is 1.94 bits per heavy atom. The smallest absolute Gasteiger partial charge is 0.396 e. The van der Waals surface area contributed by atoms with E-state index >= 15 is 0 Å². The van der Waals surface area contributed by atoms with Crippen LogP contribution in [0.2, 0.25) is 0 Å². The van der Waals surface area contributed by atoms with Crippen molar-refractivity contribution in [3.63, 3.8) is 0 Å². The number of nitrogens with zero attached hydrogens (tertiary/aromatic N) is 3. The van der Waals surface area contributed by atoms with E-state index in [9.17, 15) is 18.0 Å². The fourth-order valence-electron chi connectivity index (χ4n) is 3.18. The van der Waals surface area contributed by atoms with Crippen molar-refractivity contribution in [1.29, 1.82) is 0 Å². The molecule has 1 saturated carbocycles. The summed E-state index contributed by atoms with van der Waals surface area (Å²) in [5, 5.41) is 9.94. The quantitative estimate of drug-likeness (QED) is 0.408. The molecule has 1 N–H and O–H groups in total. The molecule has 0 saturated heterocycles. The van der Waals surface area contributed by atoms with Crippen molar-refractivity contribution in [2.45, 2.75) is 19.0 Å². The third-order valence-electron chi connectivity index (χ3n) is 5.02. The molecule has 0 atom stereocenters. The van der Waals surface area contributed by atoms with Gasteiger partial charge in [0.05, 0.1) is 11.8 Å². The Balaban J connectivity index is 1.51. The number of carbonyl (C=O) groups excluding carboxylic acids is 1. The maximum absolute atomic E-state index is 13.2. The SMILES string of the molecule is Cn1cc(C(=O)Nc2ccccc2-c2ccc(C=NOCC3CC3)cc2)c(C(F)(F)F)n1. The highest BCUT2D eigenvalue weighted by molar-refractivity contribution is 6.07. The van der Waals surface area contributed by atoms with Crippen molar-refractivity contribution in [2.24, 2.45) is 18.1 Å². The van der Waals surface area contributed by atoms with Crippen molar-refractivity contribution in [1.82, 2.24) is 9.78 Å². The van der Waals surface area contributed by atoms with E-state index in [2.05, 4.69) is 15.6 Å². The Hall–Kier alpha value is -3.62. The molecule has 0 spiro atoms. The topological polar surface area (TPSA) is 68.5 Å². The summed E-state index contributed by atoms with van der Waals surface area (Å²) < 4.78 is 40.6. The highest BCUT2D eigenvalue weighted by atomic mass is 19.4. The van der Waals surface area contributed by atoms with Crippen molar-refractivity contribution >= 4 is 17.8 Å². The third kappa shape index (κ3) is 5.16. The number of aromatic nitrogens is 2. The first-order valence-electron chi connectivity index (χ1n) is 10.1. The van der Waals surface area contributed by atoms with Gasteiger partial charge in [-0.1, -0.05) is 47.6 Å². The highest BCUT2D eigenvalue weighted by Gasteiger charge is 2.39. The molecule has 1 heterocycles. The van der Waals surface area contributed by atoms with Gasteiger partial charge in [-0.3, -0.25) is 9.48 Å². The summed E-state index contributed by atoms with van der Waals surface area (Å²) in [7, 11) is 1.34. The second-order valence-electron chi connectivity index (χ2n) is 7.66. The number of nitrogens with one attached hydrogen (secondary N) is 1. The number of rotatable bonds is 7. The zero-order valence-corrected chi connectivity index (χ0v) is 17.3. The van der Waals surface area contributed by atoms with Gasteiger partial charge in [0.2, 0.25) is 0 Å². The molecule has 1 aliphatic rings. The predicted molar refractivity (Wildman–Crippen MR) is 114 cm³/mol. The number of carbonyl (C=O) groups is 1. The van der Waals surface area contributed by atoms with E-state index in [0.29, 0.717) is 23.8 Å². The highest BCUT2D eigenvalue weighted by Crippen LogP contribution is 2.32. The van der Waals surface area contributed by atoms with E-state index < -0.39 is 23.3 Å². The van der Waals surface area contributed by atoms with E-state index in [1.165, 1.54) is 19.9 Å². The van der Waals surface area contributed by atoms with Crippen LogP contribution in [0.15, 0.2) is 59.9 Å². The normalized spacial score (nSPS) is 14.0. The van der Waals surface area contributed by atoms with Crippen molar-refractivity contribution in [3.8, 4) is 11.1 Å². The molecule has 1 aromatic heterocycles. The van der Waals surface area contributed by atoms with Crippen LogP contribution in [0.25, 0.3) is 11.1 Å². The van der Waals surface area contributed by atoms with Gasteiger partial charge >= 0.3 is 6.18 Å². The molecule has 1 fully saturated rings. The second kappa shape index (κ2) is 8.86. The average Bonchev–Trinajstić information content (AvgIpc) is 3.50. The van der Waals surface area contributed by atoms with Crippen molar-refractivity contribution < 1.29 is 22.8 Å². The number of amides is 1. The summed E-state index contributed by atoms with van der Waals surface area (Å²) in [6.07, 6.45) is 0.339. The molecule has 9 heteroatoms.